The average molecular weight is 628 g/mol. The summed E-state index contributed by atoms with van der Waals surface area (Å²) in [6, 6.07) is 51.1. The number of aliphatic imine (C=N–C) groups is 2. The fourth-order valence-corrected chi connectivity index (χ4v) is 7.38. The van der Waals surface area contributed by atoms with Gasteiger partial charge in [-0.25, -0.2) is 24.9 Å². The molecule has 49 heavy (non-hydrogen) atoms. The Labute approximate surface area is 283 Å². The standard InChI is InChI=1S/C44H29N5/c1-5-13-29(14-6-1)41-33-21-22-34(45-33)42(30-15-7-2-8-16-30)39-27-28-40-44(32-19-11-4-12-20-32)36-24-23-35(46-36)43(31-17-9-3-10-18-31)38-26-25-37(41)48(38)47-49(39)40/h1-28,47H. The van der Waals surface area contributed by atoms with Gasteiger partial charge in [-0.05, 0) is 70.8 Å². The zero-order valence-electron chi connectivity index (χ0n) is 26.5. The van der Waals surface area contributed by atoms with E-state index in [4.69, 9.17) is 9.98 Å². The minimum absolute atomic E-state index is 0.918. The summed E-state index contributed by atoms with van der Waals surface area (Å²) in [5.41, 5.74) is 18.2. The van der Waals surface area contributed by atoms with Gasteiger partial charge in [-0.1, -0.05) is 121 Å². The van der Waals surface area contributed by atoms with Crippen LogP contribution < -0.4 is 16.2 Å². The van der Waals surface area contributed by atoms with Crippen molar-refractivity contribution in [3.63, 3.8) is 0 Å². The van der Waals surface area contributed by atoms with Crippen LogP contribution in [0.2, 0.25) is 0 Å². The fraction of sp³-hybridized carbons (Fsp3) is 0. The maximum Gasteiger partial charge on any atom is 0.0746 e. The van der Waals surface area contributed by atoms with Gasteiger partial charge < -0.3 is 0 Å². The summed E-state index contributed by atoms with van der Waals surface area (Å²) in [6.07, 6.45) is 8.62. The second-order valence-electron chi connectivity index (χ2n) is 12.4. The van der Waals surface area contributed by atoms with Crippen LogP contribution in [0.15, 0.2) is 191 Å². The third-order valence-corrected chi connectivity index (χ3v) is 9.54. The number of hydrogen-bond donors (Lipinski definition) is 1. The van der Waals surface area contributed by atoms with E-state index in [9.17, 15) is 0 Å². The molecule has 0 radical (unpaired) electrons. The summed E-state index contributed by atoms with van der Waals surface area (Å²) in [5, 5.41) is 2.00. The van der Waals surface area contributed by atoms with Crippen molar-refractivity contribution in [3.05, 3.63) is 226 Å². The molecule has 1 N–H and O–H groups in total. The van der Waals surface area contributed by atoms with Crippen LogP contribution in [0.3, 0.4) is 0 Å². The van der Waals surface area contributed by atoms with Gasteiger partial charge in [0, 0.05) is 22.3 Å². The highest BCUT2D eigenvalue weighted by Crippen LogP contribution is 2.38. The molecule has 5 nitrogen and oxygen atoms in total. The molecule has 4 aromatic carbocycles. The van der Waals surface area contributed by atoms with Crippen LogP contribution in [0.1, 0.15) is 33.6 Å². The Bertz CT molecular complexity index is 2450. The van der Waals surface area contributed by atoms with E-state index in [0.717, 1.165) is 89.4 Å². The molecule has 0 spiro atoms. The van der Waals surface area contributed by atoms with Crippen LogP contribution in [0.5, 0.6) is 0 Å². The second-order valence-corrected chi connectivity index (χ2v) is 12.4. The molecule has 10 rings (SSSR count). The lowest BCUT2D eigenvalue weighted by molar-refractivity contribution is 0.710. The minimum Gasteiger partial charge on any atom is -0.248 e. The second kappa shape index (κ2) is 10.9. The van der Waals surface area contributed by atoms with Crippen LogP contribution in [-0.2, 0) is 0 Å². The topological polar surface area (TPSA) is 46.6 Å². The molecule has 2 aromatic heterocycles. The monoisotopic (exact) mass is 627 g/mol. The van der Waals surface area contributed by atoms with E-state index in [1.54, 1.807) is 0 Å². The SMILES string of the molecule is C1=CC2=C(c3ccccc3)c3ccc4n3Nn3c(ccc3=C(c3ccccc3)C3=NC(=C4c4ccccc4)C=C3)=C(c3ccccc3)C1=N2. The van der Waals surface area contributed by atoms with Crippen molar-refractivity contribution < 1.29 is 0 Å². The number of nitrogens with zero attached hydrogens (tertiary/aromatic N) is 4. The van der Waals surface area contributed by atoms with Crippen molar-refractivity contribution in [2.24, 2.45) is 9.98 Å². The summed E-state index contributed by atoms with van der Waals surface area (Å²) < 4.78 is 4.45. The highest BCUT2D eigenvalue weighted by Gasteiger charge is 2.28. The first-order chi connectivity index (χ1) is 24.3. The van der Waals surface area contributed by atoms with E-state index < -0.39 is 0 Å². The van der Waals surface area contributed by atoms with Crippen LogP contribution in [0.25, 0.3) is 22.3 Å². The maximum atomic E-state index is 5.40. The van der Waals surface area contributed by atoms with Gasteiger partial charge in [-0.15, -0.1) is 0 Å². The lowest BCUT2D eigenvalue weighted by atomic mass is 10.0. The zero-order valence-corrected chi connectivity index (χ0v) is 26.5. The maximum absolute atomic E-state index is 5.40. The van der Waals surface area contributed by atoms with E-state index in [0.29, 0.717) is 0 Å². The molecule has 0 unspecified atom stereocenters. The Balaban J connectivity index is 1.43. The number of nitrogens with one attached hydrogen (secondary N) is 1. The summed E-state index contributed by atoms with van der Waals surface area (Å²) >= 11 is 0. The molecule has 0 saturated heterocycles. The third kappa shape index (κ3) is 4.33. The number of fused-ring (bicyclic) bond motifs is 2. The zero-order chi connectivity index (χ0) is 32.3. The Hall–Kier alpha value is -6.72. The highest BCUT2D eigenvalue weighted by atomic mass is 15.7. The number of benzene rings is 4. The lowest BCUT2D eigenvalue weighted by Gasteiger charge is -2.24. The molecule has 0 fully saturated rings. The van der Waals surface area contributed by atoms with E-state index in [2.05, 4.69) is 185 Å². The number of rotatable bonds is 4. The van der Waals surface area contributed by atoms with Gasteiger partial charge >= 0.3 is 0 Å². The van der Waals surface area contributed by atoms with Crippen molar-refractivity contribution in [2.45, 2.75) is 0 Å². The number of aromatic nitrogens is 2. The van der Waals surface area contributed by atoms with Gasteiger partial charge in [-0.2, -0.15) is 0 Å². The van der Waals surface area contributed by atoms with E-state index in [1.165, 1.54) is 0 Å². The van der Waals surface area contributed by atoms with Crippen molar-refractivity contribution in [3.8, 4) is 0 Å². The predicted molar refractivity (Wildman–Crippen MR) is 199 cm³/mol. The molecule has 4 aliphatic rings. The van der Waals surface area contributed by atoms with Crippen LogP contribution >= 0.6 is 0 Å². The van der Waals surface area contributed by atoms with Gasteiger partial charge in [0.1, 0.15) is 0 Å². The Morgan fingerprint density at radius 3 is 1.10 bits per heavy atom. The van der Waals surface area contributed by atoms with Gasteiger partial charge in [0.05, 0.1) is 44.9 Å². The summed E-state index contributed by atoms with van der Waals surface area (Å²) in [4.78, 5) is 10.8. The molecule has 5 heteroatoms. The van der Waals surface area contributed by atoms with E-state index >= 15 is 0 Å². The molecule has 6 heterocycles. The Morgan fingerprint density at radius 1 is 0.347 bits per heavy atom. The van der Waals surface area contributed by atoms with Gasteiger partial charge in [0.2, 0.25) is 0 Å². The summed E-state index contributed by atoms with van der Waals surface area (Å²) in [7, 11) is 0. The van der Waals surface area contributed by atoms with Crippen molar-refractivity contribution in [1.29, 1.82) is 0 Å². The molecule has 6 bridgehead atoms. The molecule has 0 aliphatic carbocycles. The van der Waals surface area contributed by atoms with Crippen LogP contribution in [0, 0.1) is 0 Å². The first-order valence-corrected chi connectivity index (χ1v) is 16.5. The number of hydrogen-bond acceptors (Lipinski definition) is 3. The predicted octanol–water partition coefficient (Wildman–Crippen LogP) is 7.26. The highest BCUT2D eigenvalue weighted by molar-refractivity contribution is 6.31. The summed E-state index contributed by atoms with van der Waals surface area (Å²) in [5.74, 6) is 0. The molecule has 6 aromatic rings. The Kier molecular flexibility index (Phi) is 6.11. The number of allylic oxidation sites excluding steroid dienone is 4. The quantitative estimate of drug-likeness (QED) is 0.220. The average Bonchev–Trinajstić information content (AvgIpc) is 3.98. The normalized spacial score (nSPS) is 15.8. The largest absolute Gasteiger partial charge is 0.248 e. The van der Waals surface area contributed by atoms with Gasteiger partial charge in [0.25, 0.3) is 0 Å². The van der Waals surface area contributed by atoms with E-state index in [-0.39, 0.29) is 0 Å². The molecule has 230 valence electrons. The molecule has 4 aliphatic heterocycles. The lowest BCUT2D eigenvalue weighted by Crippen LogP contribution is -2.42. The van der Waals surface area contributed by atoms with E-state index in [1.807, 2.05) is 0 Å². The smallest absolute Gasteiger partial charge is 0.0746 e. The fourth-order valence-electron chi connectivity index (χ4n) is 7.38. The molecule has 0 saturated carbocycles. The Morgan fingerprint density at radius 2 is 0.714 bits per heavy atom. The van der Waals surface area contributed by atoms with Crippen molar-refractivity contribution >= 4 is 33.7 Å². The van der Waals surface area contributed by atoms with Crippen LogP contribution in [-0.4, -0.2) is 20.8 Å². The van der Waals surface area contributed by atoms with Crippen molar-refractivity contribution in [1.82, 2.24) is 9.35 Å². The van der Waals surface area contributed by atoms with Crippen LogP contribution in [0.4, 0.5) is 0 Å². The first kappa shape index (κ1) is 27.4. The summed E-state index contributed by atoms with van der Waals surface area (Å²) in [6.45, 7) is 0. The minimum atomic E-state index is 0.918. The van der Waals surface area contributed by atoms with Gasteiger partial charge in [-0.3, -0.25) is 0 Å². The molecular weight excluding hydrogens is 599 g/mol. The third-order valence-electron chi connectivity index (χ3n) is 9.54. The van der Waals surface area contributed by atoms with Gasteiger partial charge in [0.15, 0.2) is 0 Å². The molecule has 0 amide bonds. The van der Waals surface area contributed by atoms with Crippen molar-refractivity contribution in [2.75, 3.05) is 5.53 Å². The molecule has 0 atom stereocenters. The first-order valence-electron chi connectivity index (χ1n) is 16.5. The molecular formula is C44H29N5.